The molecule has 0 spiro atoms. The molecule has 0 aliphatic rings. The molecule has 136 valence electrons. The van der Waals surface area contributed by atoms with E-state index in [-0.39, 0.29) is 17.2 Å². The molecule has 8 nitrogen and oxygen atoms in total. The normalized spacial score (nSPS) is 10.9. The number of rotatable bonds is 2. The van der Waals surface area contributed by atoms with Crippen molar-refractivity contribution in [3.63, 3.8) is 0 Å². The first-order chi connectivity index (χ1) is 12.1. The molecule has 2 heterocycles. The molecule has 0 amide bonds. The third-order valence-corrected chi connectivity index (χ3v) is 2.92. The van der Waals surface area contributed by atoms with Gasteiger partial charge in [0, 0.05) is 11.6 Å². The van der Waals surface area contributed by atoms with Crippen LogP contribution in [0.1, 0.15) is 10.5 Å². The van der Waals surface area contributed by atoms with Gasteiger partial charge < -0.3 is 10.2 Å². The van der Waals surface area contributed by atoms with Crippen LogP contribution >= 0.6 is 0 Å². The zero-order chi connectivity index (χ0) is 19.5. The molecule has 0 unspecified atom stereocenters. The van der Waals surface area contributed by atoms with E-state index < -0.39 is 18.1 Å². The number of aromatic amines is 1. The Balaban J connectivity index is 0.000000298. The summed E-state index contributed by atoms with van der Waals surface area (Å²) in [7, 11) is 0. The molecule has 26 heavy (non-hydrogen) atoms. The van der Waals surface area contributed by atoms with E-state index in [4.69, 9.17) is 15.0 Å². The van der Waals surface area contributed by atoms with Gasteiger partial charge >= 0.3 is 18.1 Å². The van der Waals surface area contributed by atoms with E-state index in [0.717, 1.165) is 5.39 Å². The molecule has 0 aliphatic carbocycles. The molecule has 2 aromatic heterocycles. The van der Waals surface area contributed by atoms with Crippen LogP contribution < -0.4 is 0 Å². The average Bonchev–Trinajstić information content (AvgIpc) is 3.04. The van der Waals surface area contributed by atoms with Crippen LogP contribution in [0.25, 0.3) is 22.2 Å². The second kappa shape index (κ2) is 7.13. The van der Waals surface area contributed by atoms with Gasteiger partial charge in [0.15, 0.2) is 5.69 Å². The third-order valence-electron chi connectivity index (χ3n) is 2.92. The smallest absolute Gasteiger partial charge is 0.476 e. The summed E-state index contributed by atoms with van der Waals surface area (Å²) < 4.78 is 44.8. The topological polar surface area (TPSA) is 129 Å². The first-order valence-corrected chi connectivity index (χ1v) is 6.59. The number of halogens is 4. The number of benzene rings is 1. The number of aromatic carboxylic acids is 1. The molecule has 3 N–H and O–H groups in total. The molecular weight excluding hydrogens is 364 g/mol. The Morgan fingerprint density at radius 1 is 1.04 bits per heavy atom. The number of carbonyl (C=O) groups is 2. The highest BCUT2D eigenvalue weighted by Crippen LogP contribution is 2.22. The van der Waals surface area contributed by atoms with Crippen LogP contribution in [-0.4, -0.2) is 48.7 Å². The number of nitrogens with one attached hydrogen (secondary N) is 1. The van der Waals surface area contributed by atoms with Crippen molar-refractivity contribution >= 4 is 22.7 Å². The van der Waals surface area contributed by atoms with Crippen molar-refractivity contribution in [1.82, 2.24) is 20.4 Å². The number of aliphatic carboxylic acids is 1. The predicted molar refractivity (Wildman–Crippen MR) is 77.7 cm³/mol. The summed E-state index contributed by atoms with van der Waals surface area (Å²) in [5.74, 6) is -4.30. The maximum absolute atomic E-state index is 13.0. The minimum atomic E-state index is -5.08. The van der Waals surface area contributed by atoms with Gasteiger partial charge in [0.05, 0.1) is 5.69 Å². The van der Waals surface area contributed by atoms with Gasteiger partial charge in [-0.25, -0.2) is 14.0 Å². The van der Waals surface area contributed by atoms with E-state index in [1.807, 2.05) is 0 Å². The van der Waals surface area contributed by atoms with Crippen molar-refractivity contribution in [2.24, 2.45) is 0 Å². The number of carboxylic acids is 2. The molecule has 1 aromatic carbocycles. The average molecular weight is 372 g/mol. The number of fused-ring (bicyclic) bond motifs is 1. The second-order valence-corrected chi connectivity index (χ2v) is 4.69. The highest BCUT2D eigenvalue weighted by atomic mass is 19.4. The number of H-pyrrole nitrogens is 1. The summed E-state index contributed by atoms with van der Waals surface area (Å²) in [4.78, 5) is 23.9. The van der Waals surface area contributed by atoms with Crippen molar-refractivity contribution in [2.75, 3.05) is 0 Å². The quantitative estimate of drug-likeness (QED) is 0.589. The Hall–Kier alpha value is -3.57. The summed E-state index contributed by atoms with van der Waals surface area (Å²) in [6.07, 6.45) is -3.62. The van der Waals surface area contributed by atoms with Crippen molar-refractivity contribution in [1.29, 1.82) is 0 Å². The second-order valence-electron chi connectivity index (χ2n) is 4.69. The van der Waals surface area contributed by atoms with Gasteiger partial charge in [-0.05, 0) is 23.6 Å². The Labute approximate surface area is 141 Å². The lowest BCUT2D eigenvalue weighted by molar-refractivity contribution is -0.192. The van der Waals surface area contributed by atoms with E-state index in [2.05, 4.69) is 20.4 Å². The van der Waals surface area contributed by atoms with E-state index in [0.29, 0.717) is 11.1 Å². The lowest BCUT2D eigenvalue weighted by Gasteiger charge is -2.01. The van der Waals surface area contributed by atoms with E-state index in [1.54, 1.807) is 12.1 Å². The molecule has 3 aromatic rings. The molecule has 0 saturated heterocycles. The zero-order valence-electron chi connectivity index (χ0n) is 12.5. The molecule has 0 radical (unpaired) electrons. The Morgan fingerprint density at radius 3 is 2.27 bits per heavy atom. The number of aromatic nitrogens is 4. The first kappa shape index (κ1) is 18.8. The first-order valence-electron chi connectivity index (χ1n) is 6.59. The van der Waals surface area contributed by atoms with Gasteiger partial charge in [-0.1, -0.05) is 6.07 Å². The van der Waals surface area contributed by atoms with Crippen LogP contribution in [0, 0.1) is 5.82 Å². The highest BCUT2D eigenvalue weighted by molar-refractivity contribution is 5.93. The molecule has 0 saturated carbocycles. The fraction of sp³-hybridized carbons (Fsp3) is 0.0714. The van der Waals surface area contributed by atoms with Crippen LogP contribution in [0.15, 0.2) is 30.5 Å². The van der Waals surface area contributed by atoms with Crippen molar-refractivity contribution < 1.29 is 37.4 Å². The molecule has 12 heteroatoms. The minimum Gasteiger partial charge on any atom is -0.476 e. The SMILES string of the molecule is O=C(O)C(F)(F)F.O=C(O)c1n[nH]nc1-c1cc2ccc(F)cc2cn1. The lowest BCUT2D eigenvalue weighted by Crippen LogP contribution is -2.21. The number of hydrogen-bond donors (Lipinski definition) is 3. The number of carboxylic acid groups (broad SMARTS) is 2. The summed E-state index contributed by atoms with van der Waals surface area (Å²) in [5, 5.41) is 27.0. The highest BCUT2D eigenvalue weighted by Gasteiger charge is 2.38. The number of hydrogen-bond acceptors (Lipinski definition) is 5. The predicted octanol–water partition coefficient (Wildman–Crippen LogP) is 2.49. The van der Waals surface area contributed by atoms with Crippen LogP contribution in [0.4, 0.5) is 17.6 Å². The minimum absolute atomic E-state index is 0.152. The van der Waals surface area contributed by atoms with Gasteiger partial charge in [-0.2, -0.15) is 23.5 Å². The van der Waals surface area contributed by atoms with Gasteiger partial charge in [-0.3, -0.25) is 4.98 Å². The molecule has 3 rings (SSSR count). The summed E-state index contributed by atoms with van der Waals surface area (Å²) >= 11 is 0. The van der Waals surface area contributed by atoms with Gasteiger partial charge in [0.2, 0.25) is 0 Å². The number of nitrogens with zero attached hydrogens (tertiary/aromatic N) is 3. The number of alkyl halides is 3. The van der Waals surface area contributed by atoms with Crippen LogP contribution in [0.3, 0.4) is 0 Å². The fourth-order valence-corrected chi connectivity index (χ4v) is 1.80. The Bertz CT molecular complexity index is 971. The van der Waals surface area contributed by atoms with E-state index >= 15 is 0 Å². The van der Waals surface area contributed by atoms with Crippen LogP contribution in [0.2, 0.25) is 0 Å². The monoisotopic (exact) mass is 372 g/mol. The maximum Gasteiger partial charge on any atom is 0.490 e. The summed E-state index contributed by atoms with van der Waals surface area (Å²) in [6.45, 7) is 0. The van der Waals surface area contributed by atoms with Gasteiger partial charge in [-0.15, -0.1) is 5.10 Å². The molecule has 0 fully saturated rings. The Morgan fingerprint density at radius 2 is 1.69 bits per heavy atom. The summed E-state index contributed by atoms with van der Waals surface area (Å²) in [6, 6.07) is 5.91. The zero-order valence-corrected chi connectivity index (χ0v) is 12.5. The van der Waals surface area contributed by atoms with Crippen LogP contribution in [0.5, 0.6) is 0 Å². The fourth-order valence-electron chi connectivity index (χ4n) is 1.80. The third kappa shape index (κ3) is 4.28. The molecular formula is C14H8F4N4O4. The Kier molecular flexibility index (Phi) is 5.14. The molecule has 0 atom stereocenters. The van der Waals surface area contributed by atoms with Gasteiger partial charge in [0.1, 0.15) is 11.5 Å². The van der Waals surface area contributed by atoms with Crippen molar-refractivity contribution in [3.8, 4) is 11.4 Å². The van der Waals surface area contributed by atoms with E-state index in [1.165, 1.54) is 18.3 Å². The van der Waals surface area contributed by atoms with Crippen LogP contribution in [-0.2, 0) is 4.79 Å². The standard InChI is InChI=1S/C12H7FN4O2.C2HF3O2/c13-8-2-1-6-4-9(14-5-7(6)3-8)10-11(12(18)19)16-17-15-10;3-2(4,5)1(6)7/h1-5H,(H,18,19)(H,15,16,17);(H,6,7). The number of pyridine rings is 1. The lowest BCUT2D eigenvalue weighted by atomic mass is 10.1. The van der Waals surface area contributed by atoms with Crippen molar-refractivity contribution in [3.05, 3.63) is 42.0 Å². The molecule has 0 aliphatic heterocycles. The van der Waals surface area contributed by atoms with Gasteiger partial charge in [0.25, 0.3) is 0 Å². The largest absolute Gasteiger partial charge is 0.490 e. The van der Waals surface area contributed by atoms with Crippen molar-refractivity contribution in [2.45, 2.75) is 6.18 Å². The maximum atomic E-state index is 13.0. The van der Waals surface area contributed by atoms with E-state index in [9.17, 15) is 22.4 Å². The molecule has 0 bridgehead atoms. The summed E-state index contributed by atoms with van der Waals surface area (Å²) in [5.41, 5.74) is 0.318.